The molecule has 0 amide bonds. The quantitative estimate of drug-likeness (QED) is 0.577. The van der Waals surface area contributed by atoms with Gasteiger partial charge >= 0.3 is 0 Å². The number of rotatable bonds is 3. The van der Waals surface area contributed by atoms with Gasteiger partial charge in [0.15, 0.2) is 0 Å². The maximum absolute atomic E-state index is 12.7. The fraction of sp³-hybridized carbons (Fsp3) is 1.00. The van der Waals surface area contributed by atoms with Gasteiger partial charge in [-0.05, 0) is 6.92 Å². The minimum atomic E-state index is -1.17. The van der Waals surface area contributed by atoms with E-state index < -0.39 is 5.67 Å². The van der Waals surface area contributed by atoms with Gasteiger partial charge in [-0.15, -0.1) is 0 Å². The summed E-state index contributed by atoms with van der Waals surface area (Å²) < 4.78 is 13.1. The van der Waals surface area contributed by atoms with E-state index in [4.69, 9.17) is 5.11 Å². The van der Waals surface area contributed by atoms with Gasteiger partial charge < -0.3 is 5.11 Å². The minimum Gasteiger partial charge on any atom is -0.396 e. The summed E-state index contributed by atoms with van der Waals surface area (Å²) >= 11 is 1.97. The fourth-order valence-corrected chi connectivity index (χ4v) is 0.681. The zero-order valence-electron chi connectivity index (χ0n) is 4.82. The Morgan fingerprint density at radius 2 is 2.25 bits per heavy atom. The Labute approximate surface area is 62.4 Å². The molecule has 3 heteroatoms. The zero-order valence-corrected chi connectivity index (χ0v) is 6.98. The first kappa shape index (κ1) is 8.62. The summed E-state index contributed by atoms with van der Waals surface area (Å²) in [5, 5.41) is 8.29. The van der Waals surface area contributed by atoms with E-state index in [2.05, 4.69) is 0 Å². The molecule has 0 aliphatic heterocycles. The van der Waals surface area contributed by atoms with Crippen LogP contribution >= 0.6 is 22.6 Å². The molecule has 0 aliphatic rings. The van der Waals surface area contributed by atoms with E-state index in [1.807, 2.05) is 22.6 Å². The Balaban J connectivity index is 3.37. The van der Waals surface area contributed by atoms with Gasteiger partial charge in [0.1, 0.15) is 5.67 Å². The molecule has 0 spiro atoms. The van der Waals surface area contributed by atoms with Gasteiger partial charge in [0.2, 0.25) is 0 Å². The molecular weight excluding hydrogens is 222 g/mol. The standard InChI is InChI=1S/C5H10FIO/c1-5(6,4-7)2-3-8/h8H,2-4H2,1H3. The summed E-state index contributed by atoms with van der Waals surface area (Å²) in [4.78, 5) is 0. The Bertz CT molecular complexity index is 65.4. The molecule has 0 heterocycles. The van der Waals surface area contributed by atoms with Crippen molar-refractivity contribution in [1.82, 2.24) is 0 Å². The third-order valence-corrected chi connectivity index (χ3v) is 2.50. The predicted octanol–water partition coefficient (Wildman–Crippen LogP) is 1.53. The van der Waals surface area contributed by atoms with Gasteiger partial charge in [-0.1, -0.05) is 22.6 Å². The molecule has 8 heavy (non-hydrogen) atoms. The van der Waals surface area contributed by atoms with Crippen LogP contribution in [0.5, 0.6) is 0 Å². The lowest BCUT2D eigenvalue weighted by molar-refractivity contribution is 0.159. The average Bonchev–Trinajstić information content (AvgIpc) is 1.67. The monoisotopic (exact) mass is 232 g/mol. The Hall–Kier alpha value is 0.620. The number of aliphatic hydroxyl groups is 1. The third-order valence-electron chi connectivity index (χ3n) is 0.912. The highest BCUT2D eigenvalue weighted by Crippen LogP contribution is 2.17. The zero-order chi connectivity index (χ0) is 6.62. The van der Waals surface area contributed by atoms with Crippen LogP contribution in [-0.4, -0.2) is 21.8 Å². The van der Waals surface area contributed by atoms with E-state index in [-0.39, 0.29) is 13.0 Å². The summed E-state index contributed by atoms with van der Waals surface area (Å²) in [5.41, 5.74) is -1.17. The molecule has 0 fully saturated rings. The highest BCUT2D eigenvalue weighted by Gasteiger charge is 2.19. The fourth-order valence-electron chi connectivity index (χ4n) is 0.300. The maximum Gasteiger partial charge on any atom is 0.119 e. The number of hydrogen-bond acceptors (Lipinski definition) is 1. The van der Waals surface area contributed by atoms with E-state index in [0.29, 0.717) is 4.43 Å². The Kier molecular flexibility index (Phi) is 3.89. The van der Waals surface area contributed by atoms with Crippen molar-refractivity contribution in [2.45, 2.75) is 19.0 Å². The third kappa shape index (κ3) is 3.60. The SMILES string of the molecule is CC(F)(CI)CCO. The van der Waals surface area contributed by atoms with E-state index in [9.17, 15) is 4.39 Å². The first-order valence-electron chi connectivity index (χ1n) is 2.48. The number of alkyl halides is 2. The van der Waals surface area contributed by atoms with Crippen molar-refractivity contribution in [2.75, 3.05) is 11.0 Å². The molecule has 0 aromatic rings. The number of halogens is 2. The summed E-state index contributed by atoms with van der Waals surface area (Å²) in [7, 11) is 0. The molecular formula is C5H10FIO. The average molecular weight is 232 g/mol. The van der Waals surface area contributed by atoms with E-state index in [1.54, 1.807) is 0 Å². The minimum absolute atomic E-state index is 0.0595. The van der Waals surface area contributed by atoms with Crippen molar-refractivity contribution in [3.05, 3.63) is 0 Å². The summed E-state index contributed by atoms with van der Waals surface area (Å²) in [6.07, 6.45) is 0.246. The first-order chi connectivity index (χ1) is 3.62. The van der Waals surface area contributed by atoms with Crippen molar-refractivity contribution in [3.8, 4) is 0 Å². The van der Waals surface area contributed by atoms with Crippen molar-refractivity contribution in [1.29, 1.82) is 0 Å². The molecule has 50 valence electrons. The van der Waals surface area contributed by atoms with Crippen LogP contribution in [0.15, 0.2) is 0 Å². The van der Waals surface area contributed by atoms with Crippen LogP contribution in [0, 0.1) is 0 Å². The molecule has 0 bridgehead atoms. The summed E-state index contributed by atoms with van der Waals surface area (Å²) in [6.45, 7) is 1.44. The smallest absolute Gasteiger partial charge is 0.119 e. The van der Waals surface area contributed by atoms with Crippen molar-refractivity contribution in [2.24, 2.45) is 0 Å². The van der Waals surface area contributed by atoms with Crippen LogP contribution in [0.1, 0.15) is 13.3 Å². The molecule has 0 saturated carbocycles. The van der Waals surface area contributed by atoms with Crippen molar-refractivity contribution >= 4 is 22.6 Å². The van der Waals surface area contributed by atoms with Crippen LogP contribution in [0.3, 0.4) is 0 Å². The predicted molar refractivity (Wildman–Crippen MR) is 40.1 cm³/mol. The highest BCUT2D eigenvalue weighted by molar-refractivity contribution is 14.1. The lowest BCUT2D eigenvalue weighted by Crippen LogP contribution is -2.20. The van der Waals surface area contributed by atoms with Crippen LogP contribution in [0.25, 0.3) is 0 Å². The second-order valence-electron chi connectivity index (χ2n) is 2.02. The molecule has 0 aliphatic carbocycles. The van der Waals surface area contributed by atoms with E-state index >= 15 is 0 Å². The molecule has 0 saturated heterocycles. The summed E-state index contributed by atoms with van der Waals surface area (Å²) in [5.74, 6) is 0. The number of hydrogen-bond donors (Lipinski definition) is 1. The van der Waals surface area contributed by atoms with Crippen LogP contribution in [0.4, 0.5) is 4.39 Å². The van der Waals surface area contributed by atoms with Gasteiger partial charge in [0, 0.05) is 17.5 Å². The van der Waals surface area contributed by atoms with E-state index in [1.165, 1.54) is 6.92 Å². The molecule has 0 rings (SSSR count). The van der Waals surface area contributed by atoms with Crippen LogP contribution in [0.2, 0.25) is 0 Å². The molecule has 1 unspecified atom stereocenters. The largest absolute Gasteiger partial charge is 0.396 e. The number of aliphatic hydroxyl groups excluding tert-OH is 1. The van der Waals surface area contributed by atoms with Gasteiger partial charge in [0.05, 0.1) is 0 Å². The highest BCUT2D eigenvalue weighted by atomic mass is 127. The molecule has 1 N–H and O–H groups in total. The van der Waals surface area contributed by atoms with Crippen molar-refractivity contribution < 1.29 is 9.50 Å². The molecule has 1 atom stereocenters. The van der Waals surface area contributed by atoms with Gasteiger partial charge in [0.25, 0.3) is 0 Å². The Morgan fingerprint density at radius 1 is 1.75 bits per heavy atom. The van der Waals surface area contributed by atoms with Gasteiger partial charge in [-0.3, -0.25) is 0 Å². The second kappa shape index (κ2) is 3.61. The maximum atomic E-state index is 12.7. The van der Waals surface area contributed by atoms with E-state index in [0.717, 1.165) is 0 Å². The second-order valence-corrected chi connectivity index (χ2v) is 2.78. The van der Waals surface area contributed by atoms with Crippen molar-refractivity contribution in [3.63, 3.8) is 0 Å². The Morgan fingerprint density at radius 3 is 2.38 bits per heavy atom. The molecule has 1 nitrogen and oxygen atoms in total. The molecule has 0 radical (unpaired) electrons. The van der Waals surface area contributed by atoms with Gasteiger partial charge in [-0.25, -0.2) is 4.39 Å². The van der Waals surface area contributed by atoms with Crippen LogP contribution < -0.4 is 0 Å². The van der Waals surface area contributed by atoms with Gasteiger partial charge in [-0.2, -0.15) is 0 Å². The molecule has 0 aromatic heterocycles. The lowest BCUT2D eigenvalue weighted by Gasteiger charge is -2.13. The first-order valence-corrected chi connectivity index (χ1v) is 4.01. The molecule has 0 aromatic carbocycles. The normalized spacial score (nSPS) is 18.0. The lowest BCUT2D eigenvalue weighted by atomic mass is 10.1. The topological polar surface area (TPSA) is 20.2 Å². The van der Waals surface area contributed by atoms with Crippen LogP contribution in [-0.2, 0) is 0 Å². The summed E-state index contributed by atoms with van der Waals surface area (Å²) in [6, 6.07) is 0.